The molecule has 158 valence electrons. The zero-order valence-electron chi connectivity index (χ0n) is 17.4. The number of morpholine rings is 1. The van der Waals surface area contributed by atoms with E-state index in [-0.39, 0.29) is 41.8 Å². The summed E-state index contributed by atoms with van der Waals surface area (Å²) in [7, 11) is 1.64. The van der Waals surface area contributed by atoms with Gasteiger partial charge in [0.05, 0.1) is 23.3 Å². The van der Waals surface area contributed by atoms with Crippen molar-refractivity contribution >= 4 is 23.5 Å². The van der Waals surface area contributed by atoms with Crippen molar-refractivity contribution in [3.8, 4) is 0 Å². The topological polar surface area (TPSA) is 76.2 Å². The Morgan fingerprint density at radius 3 is 2.17 bits per heavy atom. The highest BCUT2D eigenvalue weighted by molar-refractivity contribution is 6.12. The molecule has 1 aliphatic rings. The van der Waals surface area contributed by atoms with E-state index in [4.69, 9.17) is 9.47 Å². The summed E-state index contributed by atoms with van der Waals surface area (Å²) in [5.74, 6) is -1.32. The molecule has 1 heterocycles. The molecule has 1 fully saturated rings. The molecular weight excluding hydrogens is 384 g/mol. The van der Waals surface area contributed by atoms with Crippen LogP contribution in [0.1, 0.15) is 34.6 Å². The predicted octanol–water partition coefficient (Wildman–Crippen LogP) is 2.76. The summed E-state index contributed by atoms with van der Waals surface area (Å²) in [5.41, 5.74) is 1.05. The summed E-state index contributed by atoms with van der Waals surface area (Å²) in [6.07, 6.45) is -0.138. The van der Waals surface area contributed by atoms with E-state index in [1.54, 1.807) is 30.1 Å². The van der Waals surface area contributed by atoms with Gasteiger partial charge in [0.2, 0.25) is 0 Å². The van der Waals surface area contributed by atoms with Crippen LogP contribution in [0.4, 0.5) is 5.69 Å². The number of rotatable bonds is 5. The van der Waals surface area contributed by atoms with Gasteiger partial charge in [0.1, 0.15) is 0 Å². The second-order valence-corrected chi connectivity index (χ2v) is 7.38. The molecule has 2 amide bonds. The highest BCUT2D eigenvalue weighted by atomic mass is 16.5. The number of hydrogen-bond donors (Lipinski definition) is 0. The average Bonchev–Trinajstić information content (AvgIpc) is 2.76. The van der Waals surface area contributed by atoms with Gasteiger partial charge in [-0.25, -0.2) is 4.79 Å². The Morgan fingerprint density at radius 1 is 0.967 bits per heavy atom. The van der Waals surface area contributed by atoms with E-state index in [0.717, 1.165) is 0 Å². The number of nitrogens with zero attached hydrogens (tertiary/aromatic N) is 2. The van der Waals surface area contributed by atoms with Crippen LogP contribution in [0.25, 0.3) is 0 Å². The molecule has 1 saturated heterocycles. The van der Waals surface area contributed by atoms with Crippen LogP contribution >= 0.6 is 0 Å². The zero-order valence-corrected chi connectivity index (χ0v) is 17.4. The summed E-state index contributed by atoms with van der Waals surface area (Å²) >= 11 is 0. The van der Waals surface area contributed by atoms with E-state index in [2.05, 4.69) is 0 Å². The SMILES string of the molecule is C[C@H]1CN(C(=O)COC(=O)c2ccccc2C(=O)N(C)c2ccccc2)C[C@H](C)O1. The number of para-hydroxylation sites is 1. The van der Waals surface area contributed by atoms with Crippen LogP contribution in [-0.4, -0.2) is 61.6 Å². The number of carbonyl (C=O) groups excluding carboxylic acids is 3. The van der Waals surface area contributed by atoms with Gasteiger partial charge in [-0.15, -0.1) is 0 Å². The minimum Gasteiger partial charge on any atom is -0.452 e. The number of carbonyl (C=O) groups is 3. The molecule has 0 spiro atoms. The molecule has 2 atom stereocenters. The quantitative estimate of drug-likeness (QED) is 0.709. The summed E-state index contributed by atoms with van der Waals surface area (Å²) in [5, 5.41) is 0. The molecular formula is C23H26N2O5. The van der Waals surface area contributed by atoms with Crippen molar-refractivity contribution in [1.29, 1.82) is 0 Å². The molecule has 7 heteroatoms. The summed E-state index contributed by atoms with van der Waals surface area (Å²) in [4.78, 5) is 41.2. The summed E-state index contributed by atoms with van der Waals surface area (Å²) in [6.45, 7) is 4.32. The van der Waals surface area contributed by atoms with Crippen LogP contribution < -0.4 is 4.90 Å². The smallest absolute Gasteiger partial charge is 0.339 e. The minimum absolute atomic E-state index is 0.0692. The maximum Gasteiger partial charge on any atom is 0.339 e. The molecule has 2 aromatic rings. The third kappa shape index (κ3) is 5.04. The fourth-order valence-corrected chi connectivity index (χ4v) is 3.47. The Kier molecular flexibility index (Phi) is 6.84. The Hall–Kier alpha value is -3.19. The van der Waals surface area contributed by atoms with Gasteiger partial charge in [-0.1, -0.05) is 30.3 Å². The lowest BCUT2D eigenvalue weighted by Gasteiger charge is -2.35. The Bertz CT molecular complexity index is 905. The second-order valence-electron chi connectivity index (χ2n) is 7.38. The van der Waals surface area contributed by atoms with Gasteiger partial charge in [-0.05, 0) is 38.1 Å². The van der Waals surface area contributed by atoms with Gasteiger partial charge in [0.25, 0.3) is 11.8 Å². The average molecular weight is 410 g/mol. The monoisotopic (exact) mass is 410 g/mol. The van der Waals surface area contributed by atoms with E-state index in [0.29, 0.717) is 18.8 Å². The van der Waals surface area contributed by atoms with E-state index >= 15 is 0 Å². The minimum atomic E-state index is -0.705. The first-order valence-electron chi connectivity index (χ1n) is 9.89. The van der Waals surface area contributed by atoms with Crippen LogP contribution in [0.2, 0.25) is 0 Å². The first-order chi connectivity index (χ1) is 14.4. The van der Waals surface area contributed by atoms with Gasteiger partial charge >= 0.3 is 5.97 Å². The van der Waals surface area contributed by atoms with Crippen molar-refractivity contribution < 1.29 is 23.9 Å². The Morgan fingerprint density at radius 2 is 1.53 bits per heavy atom. The van der Waals surface area contributed by atoms with Crippen LogP contribution in [0, 0.1) is 0 Å². The van der Waals surface area contributed by atoms with Gasteiger partial charge in [0.15, 0.2) is 6.61 Å². The maximum absolute atomic E-state index is 13.0. The normalized spacial score (nSPS) is 18.6. The summed E-state index contributed by atoms with van der Waals surface area (Å²) in [6, 6.07) is 15.6. The maximum atomic E-state index is 13.0. The number of amides is 2. The highest BCUT2D eigenvalue weighted by Gasteiger charge is 2.27. The molecule has 0 saturated carbocycles. The lowest BCUT2D eigenvalue weighted by atomic mass is 10.1. The van der Waals surface area contributed by atoms with Crippen molar-refractivity contribution in [3.63, 3.8) is 0 Å². The zero-order chi connectivity index (χ0) is 21.7. The molecule has 0 unspecified atom stereocenters. The number of anilines is 1. The molecule has 7 nitrogen and oxygen atoms in total. The predicted molar refractivity (Wildman–Crippen MR) is 112 cm³/mol. The molecule has 30 heavy (non-hydrogen) atoms. The molecule has 0 aromatic heterocycles. The third-order valence-corrected chi connectivity index (χ3v) is 4.92. The summed E-state index contributed by atoms with van der Waals surface area (Å²) < 4.78 is 10.9. The molecule has 1 aliphatic heterocycles. The fourth-order valence-electron chi connectivity index (χ4n) is 3.47. The lowest BCUT2D eigenvalue weighted by Crippen LogP contribution is -2.49. The molecule has 2 aromatic carbocycles. The first-order valence-corrected chi connectivity index (χ1v) is 9.89. The van der Waals surface area contributed by atoms with Gasteiger partial charge in [-0.3, -0.25) is 9.59 Å². The Balaban J connectivity index is 1.68. The first kappa shape index (κ1) is 21.5. The molecule has 3 rings (SSSR count). The number of hydrogen-bond acceptors (Lipinski definition) is 5. The van der Waals surface area contributed by atoms with E-state index in [9.17, 15) is 14.4 Å². The van der Waals surface area contributed by atoms with Crippen molar-refractivity contribution in [2.75, 3.05) is 31.6 Å². The highest BCUT2D eigenvalue weighted by Crippen LogP contribution is 2.18. The Labute approximate surface area is 176 Å². The van der Waals surface area contributed by atoms with Crippen LogP contribution in [0.3, 0.4) is 0 Å². The molecule has 0 N–H and O–H groups in total. The van der Waals surface area contributed by atoms with Gasteiger partial charge in [-0.2, -0.15) is 0 Å². The third-order valence-electron chi connectivity index (χ3n) is 4.92. The number of esters is 1. The molecule has 0 aliphatic carbocycles. The van der Waals surface area contributed by atoms with Crippen molar-refractivity contribution in [1.82, 2.24) is 4.90 Å². The van der Waals surface area contributed by atoms with Crippen LogP contribution in [0.15, 0.2) is 54.6 Å². The van der Waals surface area contributed by atoms with Crippen LogP contribution in [0.5, 0.6) is 0 Å². The van der Waals surface area contributed by atoms with Crippen molar-refractivity contribution in [2.24, 2.45) is 0 Å². The lowest BCUT2D eigenvalue weighted by molar-refractivity contribution is -0.146. The number of ether oxygens (including phenoxy) is 2. The van der Waals surface area contributed by atoms with Crippen molar-refractivity contribution in [2.45, 2.75) is 26.1 Å². The van der Waals surface area contributed by atoms with Crippen LogP contribution in [-0.2, 0) is 14.3 Å². The van der Waals surface area contributed by atoms with E-state index in [1.165, 1.54) is 11.0 Å². The van der Waals surface area contributed by atoms with E-state index in [1.807, 2.05) is 44.2 Å². The molecule has 0 radical (unpaired) electrons. The second kappa shape index (κ2) is 9.54. The number of benzene rings is 2. The van der Waals surface area contributed by atoms with Crippen molar-refractivity contribution in [3.05, 3.63) is 65.7 Å². The fraction of sp³-hybridized carbons (Fsp3) is 0.348. The van der Waals surface area contributed by atoms with Gasteiger partial charge < -0.3 is 19.3 Å². The molecule has 0 bridgehead atoms. The van der Waals surface area contributed by atoms with E-state index < -0.39 is 5.97 Å². The standard InChI is InChI=1S/C23H26N2O5/c1-16-13-25(14-17(2)30-16)21(26)15-29-23(28)20-12-8-7-11-19(20)22(27)24(3)18-9-5-4-6-10-18/h4-12,16-17H,13-15H2,1-3H3/t16-,17-/m0/s1. The largest absolute Gasteiger partial charge is 0.452 e. The van der Waals surface area contributed by atoms with Gasteiger partial charge in [0, 0.05) is 25.8 Å².